The van der Waals surface area contributed by atoms with Crippen molar-refractivity contribution in [1.29, 1.82) is 0 Å². The Balaban J connectivity index is 1.48. The number of hydrogen-bond acceptors (Lipinski definition) is 6. The number of pyridine rings is 1. The second-order valence-electron chi connectivity index (χ2n) is 8.90. The van der Waals surface area contributed by atoms with Gasteiger partial charge in [0.05, 0.1) is 17.6 Å². The van der Waals surface area contributed by atoms with E-state index in [1.54, 1.807) is 46.9 Å². The lowest BCUT2D eigenvalue weighted by molar-refractivity contribution is 0.0600. The van der Waals surface area contributed by atoms with Crippen LogP contribution in [0.2, 0.25) is 0 Å². The summed E-state index contributed by atoms with van der Waals surface area (Å²) in [5.74, 6) is -0.140. The summed E-state index contributed by atoms with van der Waals surface area (Å²) < 4.78 is 32.8. The standard InChI is InChI=1S/C27H31N3O4S/c1-34-27(31)25-13-11-22(12-14-25)18-29(19-23-7-5-15-28-17-23)20-24-8-6-16-30(21-24)35(32,33)26-9-3-2-4-10-26/h2-5,7,9-15,17,24H,6,8,16,18-21H2,1H3. The zero-order valence-electron chi connectivity index (χ0n) is 19.9. The molecule has 35 heavy (non-hydrogen) atoms. The van der Waals surface area contributed by atoms with Gasteiger partial charge in [0.2, 0.25) is 10.0 Å². The lowest BCUT2D eigenvalue weighted by Gasteiger charge is -2.35. The molecule has 2 heterocycles. The minimum atomic E-state index is -3.50. The molecule has 0 radical (unpaired) electrons. The van der Waals surface area contributed by atoms with Crippen molar-refractivity contribution in [3.05, 3.63) is 95.8 Å². The highest BCUT2D eigenvalue weighted by atomic mass is 32.2. The van der Waals surface area contributed by atoms with Gasteiger partial charge in [-0.15, -0.1) is 0 Å². The third-order valence-corrected chi connectivity index (χ3v) is 8.17. The van der Waals surface area contributed by atoms with Crippen LogP contribution in [0.5, 0.6) is 0 Å². The first kappa shape index (κ1) is 25.0. The number of piperidine rings is 1. The zero-order valence-corrected chi connectivity index (χ0v) is 20.7. The molecule has 0 aliphatic carbocycles. The average Bonchev–Trinajstić information content (AvgIpc) is 2.90. The van der Waals surface area contributed by atoms with E-state index in [9.17, 15) is 13.2 Å². The van der Waals surface area contributed by atoms with Crippen LogP contribution in [0.1, 0.15) is 34.3 Å². The van der Waals surface area contributed by atoms with Gasteiger partial charge in [0.15, 0.2) is 0 Å². The molecule has 1 saturated heterocycles. The van der Waals surface area contributed by atoms with Crippen LogP contribution in [-0.2, 0) is 27.8 Å². The number of ether oxygens (including phenoxy) is 1. The number of rotatable bonds is 9. The molecule has 0 saturated carbocycles. The summed E-state index contributed by atoms with van der Waals surface area (Å²) in [5, 5.41) is 0. The second kappa shape index (κ2) is 11.6. The third-order valence-electron chi connectivity index (χ3n) is 6.29. The largest absolute Gasteiger partial charge is 0.465 e. The number of esters is 1. The van der Waals surface area contributed by atoms with E-state index >= 15 is 0 Å². The van der Waals surface area contributed by atoms with Crippen LogP contribution in [0.3, 0.4) is 0 Å². The monoisotopic (exact) mass is 493 g/mol. The van der Waals surface area contributed by atoms with Crippen molar-refractivity contribution < 1.29 is 17.9 Å². The molecule has 1 fully saturated rings. The van der Waals surface area contributed by atoms with Crippen molar-refractivity contribution in [1.82, 2.24) is 14.2 Å². The predicted molar refractivity (Wildman–Crippen MR) is 134 cm³/mol. The van der Waals surface area contributed by atoms with Gasteiger partial charge < -0.3 is 4.74 Å². The maximum Gasteiger partial charge on any atom is 0.337 e. The molecule has 184 valence electrons. The Morgan fingerprint density at radius 2 is 1.77 bits per heavy atom. The first-order valence-electron chi connectivity index (χ1n) is 11.8. The van der Waals surface area contributed by atoms with Crippen molar-refractivity contribution in [2.45, 2.75) is 30.8 Å². The molecule has 1 aromatic heterocycles. The molecule has 1 aliphatic rings. The summed E-state index contributed by atoms with van der Waals surface area (Å²) in [6.45, 7) is 3.19. The van der Waals surface area contributed by atoms with Crippen LogP contribution in [0.25, 0.3) is 0 Å². The van der Waals surface area contributed by atoms with Gasteiger partial charge in [0.1, 0.15) is 0 Å². The molecule has 2 aromatic carbocycles. The summed E-state index contributed by atoms with van der Waals surface area (Å²) in [4.78, 5) is 18.7. The van der Waals surface area contributed by atoms with Crippen molar-refractivity contribution in [2.24, 2.45) is 5.92 Å². The van der Waals surface area contributed by atoms with Crippen LogP contribution >= 0.6 is 0 Å². The summed E-state index contributed by atoms with van der Waals surface area (Å²) >= 11 is 0. The number of aromatic nitrogens is 1. The molecular weight excluding hydrogens is 462 g/mol. The summed E-state index contributed by atoms with van der Waals surface area (Å²) in [6.07, 6.45) is 5.43. The number of sulfonamides is 1. The van der Waals surface area contributed by atoms with Gasteiger partial charge >= 0.3 is 5.97 Å². The molecule has 0 N–H and O–H groups in total. The van der Waals surface area contributed by atoms with Gasteiger partial charge in [-0.3, -0.25) is 9.88 Å². The fourth-order valence-corrected chi connectivity index (χ4v) is 6.13. The van der Waals surface area contributed by atoms with Gasteiger partial charge in [0.25, 0.3) is 0 Å². The van der Waals surface area contributed by atoms with E-state index < -0.39 is 10.0 Å². The van der Waals surface area contributed by atoms with E-state index in [-0.39, 0.29) is 11.9 Å². The topological polar surface area (TPSA) is 79.8 Å². The Labute approximate surface area is 207 Å². The quantitative estimate of drug-likeness (QED) is 0.420. The maximum absolute atomic E-state index is 13.2. The summed E-state index contributed by atoms with van der Waals surface area (Å²) in [5.41, 5.74) is 2.69. The Morgan fingerprint density at radius 1 is 1.03 bits per heavy atom. The predicted octanol–water partition coefficient (Wildman–Crippen LogP) is 3.97. The van der Waals surface area contributed by atoms with Crippen molar-refractivity contribution >= 4 is 16.0 Å². The number of nitrogens with zero attached hydrogens (tertiary/aromatic N) is 3. The molecular formula is C27H31N3O4S. The number of hydrogen-bond donors (Lipinski definition) is 0. The first-order chi connectivity index (χ1) is 17.0. The Hall–Kier alpha value is -3.07. The van der Waals surface area contributed by atoms with E-state index in [4.69, 9.17) is 4.74 Å². The van der Waals surface area contributed by atoms with E-state index in [0.717, 1.165) is 30.5 Å². The maximum atomic E-state index is 13.2. The van der Waals surface area contributed by atoms with E-state index in [2.05, 4.69) is 9.88 Å². The smallest absolute Gasteiger partial charge is 0.337 e. The van der Waals surface area contributed by atoms with Crippen molar-refractivity contribution in [3.8, 4) is 0 Å². The molecule has 1 aliphatic heterocycles. The lowest BCUT2D eigenvalue weighted by Crippen LogP contribution is -2.43. The highest BCUT2D eigenvalue weighted by Crippen LogP contribution is 2.25. The van der Waals surface area contributed by atoms with Crippen molar-refractivity contribution in [2.75, 3.05) is 26.7 Å². The van der Waals surface area contributed by atoms with Gasteiger partial charge in [-0.05, 0) is 60.2 Å². The average molecular weight is 494 g/mol. The minimum absolute atomic E-state index is 0.216. The van der Waals surface area contributed by atoms with Gasteiger partial charge in [-0.2, -0.15) is 4.31 Å². The highest BCUT2D eigenvalue weighted by Gasteiger charge is 2.31. The molecule has 4 rings (SSSR count). The highest BCUT2D eigenvalue weighted by molar-refractivity contribution is 7.89. The molecule has 1 atom stereocenters. The Kier molecular flexibility index (Phi) is 8.28. The van der Waals surface area contributed by atoms with E-state index in [0.29, 0.717) is 36.6 Å². The molecule has 0 amide bonds. The third kappa shape index (κ3) is 6.54. The first-order valence-corrected chi connectivity index (χ1v) is 13.2. The van der Waals surface area contributed by atoms with Crippen LogP contribution < -0.4 is 0 Å². The van der Waals surface area contributed by atoms with Crippen LogP contribution in [0, 0.1) is 5.92 Å². The Morgan fingerprint density at radius 3 is 2.46 bits per heavy atom. The molecule has 0 bridgehead atoms. The number of benzene rings is 2. The van der Waals surface area contributed by atoms with Gasteiger partial charge in [0, 0.05) is 45.1 Å². The molecule has 7 nitrogen and oxygen atoms in total. The summed E-state index contributed by atoms with van der Waals surface area (Å²) in [6, 6.07) is 20.1. The minimum Gasteiger partial charge on any atom is -0.465 e. The van der Waals surface area contributed by atoms with Crippen LogP contribution in [0.15, 0.2) is 84.0 Å². The molecule has 1 unspecified atom stereocenters. The van der Waals surface area contributed by atoms with Gasteiger partial charge in [-0.25, -0.2) is 13.2 Å². The number of carbonyl (C=O) groups is 1. The number of carbonyl (C=O) groups excluding carboxylic acids is 1. The Bertz CT molecular complexity index is 1200. The lowest BCUT2D eigenvalue weighted by atomic mass is 9.98. The normalized spacial score (nSPS) is 16.8. The van der Waals surface area contributed by atoms with Crippen molar-refractivity contribution in [3.63, 3.8) is 0 Å². The van der Waals surface area contributed by atoms with Gasteiger partial charge in [-0.1, -0.05) is 36.4 Å². The second-order valence-corrected chi connectivity index (χ2v) is 10.8. The van der Waals surface area contributed by atoms with E-state index in [1.165, 1.54) is 7.11 Å². The molecule has 8 heteroatoms. The van der Waals surface area contributed by atoms with E-state index in [1.807, 2.05) is 36.5 Å². The number of methoxy groups -OCH3 is 1. The molecule has 3 aromatic rings. The van der Waals surface area contributed by atoms with Crippen LogP contribution in [-0.4, -0.2) is 55.3 Å². The fraction of sp³-hybridized carbons (Fsp3) is 0.333. The summed E-state index contributed by atoms with van der Waals surface area (Å²) in [7, 11) is -2.13. The zero-order chi connectivity index (χ0) is 24.7. The fourth-order valence-electron chi connectivity index (χ4n) is 4.56. The molecule has 0 spiro atoms. The van der Waals surface area contributed by atoms with Crippen LogP contribution in [0.4, 0.5) is 0 Å². The SMILES string of the molecule is COC(=O)c1ccc(CN(Cc2cccnc2)CC2CCCN(S(=O)(=O)c3ccccc3)C2)cc1.